The number of anilines is 1. The minimum Gasteiger partial charge on any atom is -0.322 e. The van der Waals surface area contributed by atoms with E-state index in [0.29, 0.717) is 0 Å². The standard InChI is InChI=1S/C13H12N2O/c1-2-4-13(16)15-12-6-3-5-10-7-8-14-9-11(10)12/h2-9H,1H3,(H,15,16). The molecule has 1 aromatic carbocycles. The van der Waals surface area contributed by atoms with Gasteiger partial charge in [0, 0.05) is 17.8 Å². The largest absolute Gasteiger partial charge is 0.322 e. The lowest BCUT2D eigenvalue weighted by atomic mass is 10.1. The van der Waals surface area contributed by atoms with Gasteiger partial charge in [-0.05, 0) is 30.5 Å². The zero-order valence-electron chi connectivity index (χ0n) is 8.97. The summed E-state index contributed by atoms with van der Waals surface area (Å²) >= 11 is 0. The number of fused-ring (bicyclic) bond motifs is 1. The highest BCUT2D eigenvalue weighted by atomic mass is 16.1. The number of hydrogen-bond donors (Lipinski definition) is 1. The van der Waals surface area contributed by atoms with Crippen LogP contribution in [0.5, 0.6) is 0 Å². The molecule has 80 valence electrons. The molecule has 0 aliphatic carbocycles. The molecule has 1 aromatic heterocycles. The Balaban J connectivity index is 2.41. The van der Waals surface area contributed by atoms with Crippen molar-refractivity contribution in [1.82, 2.24) is 4.98 Å². The minimum absolute atomic E-state index is 0.126. The first-order chi connectivity index (χ1) is 7.81. The van der Waals surface area contributed by atoms with Gasteiger partial charge in [-0.25, -0.2) is 0 Å². The molecule has 0 aliphatic rings. The second-order valence-corrected chi connectivity index (χ2v) is 3.39. The summed E-state index contributed by atoms with van der Waals surface area (Å²) in [4.78, 5) is 15.5. The molecular formula is C13H12N2O. The molecule has 3 nitrogen and oxygen atoms in total. The highest BCUT2D eigenvalue weighted by Crippen LogP contribution is 2.21. The van der Waals surface area contributed by atoms with E-state index in [-0.39, 0.29) is 5.91 Å². The van der Waals surface area contributed by atoms with Gasteiger partial charge in [-0.15, -0.1) is 0 Å². The van der Waals surface area contributed by atoms with Crippen molar-refractivity contribution in [1.29, 1.82) is 0 Å². The van der Waals surface area contributed by atoms with Gasteiger partial charge in [0.1, 0.15) is 0 Å². The monoisotopic (exact) mass is 212 g/mol. The van der Waals surface area contributed by atoms with Crippen LogP contribution in [0, 0.1) is 0 Å². The summed E-state index contributed by atoms with van der Waals surface area (Å²) < 4.78 is 0. The van der Waals surface area contributed by atoms with Gasteiger partial charge in [0.15, 0.2) is 0 Å². The first-order valence-corrected chi connectivity index (χ1v) is 5.07. The molecule has 0 saturated carbocycles. The highest BCUT2D eigenvalue weighted by molar-refractivity contribution is 6.05. The number of hydrogen-bond acceptors (Lipinski definition) is 2. The zero-order valence-corrected chi connectivity index (χ0v) is 8.97. The Kier molecular flexibility index (Phi) is 2.96. The summed E-state index contributed by atoms with van der Waals surface area (Å²) in [5, 5.41) is 4.83. The average Bonchev–Trinajstić information content (AvgIpc) is 2.30. The van der Waals surface area contributed by atoms with Crippen molar-refractivity contribution in [3.63, 3.8) is 0 Å². The van der Waals surface area contributed by atoms with Gasteiger partial charge < -0.3 is 5.32 Å². The van der Waals surface area contributed by atoms with Gasteiger partial charge in [-0.3, -0.25) is 9.78 Å². The van der Waals surface area contributed by atoms with Crippen molar-refractivity contribution in [3.8, 4) is 0 Å². The van der Waals surface area contributed by atoms with E-state index in [2.05, 4.69) is 10.3 Å². The molecule has 16 heavy (non-hydrogen) atoms. The smallest absolute Gasteiger partial charge is 0.248 e. The molecule has 1 N–H and O–H groups in total. The number of carbonyl (C=O) groups excluding carboxylic acids is 1. The third-order valence-corrected chi connectivity index (χ3v) is 2.26. The number of nitrogens with one attached hydrogen (secondary N) is 1. The molecule has 0 spiro atoms. The summed E-state index contributed by atoms with van der Waals surface area (Å²) in [5.41, 5.74) is 0.786. The number of nitrogens with zero attached hydrogens (tertiary/aromatic N) is 1. The van der Waals surface area contributed by atoms with Crippen molar-refractivity contribution in [3.05, 3.63) is 48.8 Å². The van der Waals surface area contributed by atoms with E-state index >= 15 is 0 Å². The first kappa shape index (κ1) is 10.4. The molecule has 0 atom stereocenters. The van der Waals surface area contributed by atoms with Crippen molar-refractivity contribution in [2.24, 2.45) is 0 Å². The molecule has 0 fully saturated rings. The Labute approximate surface area is 93.8 Å². The summed E-state index contributed by atoms with van der Waals surface area (Å²) in [6.07, 6.45) is 6.69. The van der Waals surface area contributed by atoms with Crippen LogP contribution in [0.1, 0.15) is 6.92 Å². The Bertz CT molecular complexity index is 541. The second kappa shape index (κ2) is 4.57. The van der Waals surface area contributed by atoms with E-state index < -0.39 is 0 Å². The van der Waals surface area contributed by atoms with Crippen LogP contribution in [0.3, 0.4) is 0 Å². The van der Waals surface area contributed by atoms with Gasteiger partial charge >= 0.3 is 0 Å². The van der Waals surface area contributed by atoms with E-state index in [0.717, 1.165) is 16.5 Å². The molecule has 1 heterocycles. The van der Waals surface area contributed by atoms with Crippen LogP contribution < -0.4 is 5.32 Å². The van der Waals surface area contributed by atoms with E-state index in [1.165, 1.54) is 6.08 Å². The lowest BCUT2D eigenvalue weighted by Crippen LogP contribution is -2.07. The van der Waals surface area contributed by atoms with Crippen LogP contribution in [-0.2, 0) is 4.79 Å². The Morgan fingerprint density at radius 1 is 1.38 bits per heavy atom. The maximum atomic E-state index is 11.4. The summed E-state index contributed by atoms with van der Waals surface area (Å²) in [6, 6.07) is 7.68. The number of carbonyl (C=O) groups is 1. The van der Waals surface area contributed by atoms with Crippen molar-refractivity contribution in [2.45, 2.75) is 6.92 Å². The Morgan fingerprint density at radius 3 is 3.06 bits per heavy atom. The number of allylic oxidation sites excluding steroid dienone is 1. The van der Waals surface area contributed by atoms with Gasteiger partial charge in [-0.2, -0.15) is 0 Å². The van der Waals surface area contributed by atoms with Gasteiger partial charge in [0.25, 0.3) is 0 Å². The predicted molar refractivity (Wildman–Crippen MR) is 65.2 cm³/mol. The van der Waals surface area contributed by atoms with Gasteiger partial charge in [-0.1, -0.05) is 18.2 Å². The van der Waals surface area contributed by atoms with E-state index in [1.807, 2.05) is 31.2 Å². The Morgan fingerprint density at radius 2 is 2.25 bits per heavy atom. The molecule has 0 saturated heterocycles. The van der Waals surface area contributed by atoms with Crippen molar-refractivity contribution >= 4 is 22.4 Å². The quantitative estimate of drug-likeness (QED) is 0.778. The lowest BCUT2D eigenvalue weighted by molar-refractivity contribution is -0.111. The van der Waals surface area contributed by atoms with Crippen LogP contribution in [0.4, 0.5) is 5.69 Å². The molecule has 0 unspecified atom stereocenters. The molecule has 1 amide bonds. The number of aromatic nitrogens is 1. The molecule has 2 aromatic rings. The maximum Gasteiger partial charge on any atom is 0.248 e. The fourth-order valence-corrected chi connectivity index (χ4v) is 1.55. The average molecular weight is 212 g/mol. The third kappa shape index (κ3) is 2.08. The van der Waals surface area contributed by atoms with E-state index in [1.54, 1.807) is 18.5 Å². The molecule has 0 aliphatic heterocycles. The Hall–Kier alpha value is -2.16. The highest BCUT2D eigenvalue weighted by Gasteiger charge is 2.02. The summed E-state index contributed by atoms with van der Waals surface area (Å²) in [5.74, 6) is -0.126. The van der Waals surface area contributed by atoms with Crippen molar-refractivity contribution in [2.75, 3.05) is 5.32 Å². The minimum atomic E-state index is -0.126. The third-order valence-electron chi connectivity index (χ3n) is 2.26. The predicted octanol–water partition coefficient (Wildman–Crippen LogP) is 2.75. The zero-order chi connectivity index (χ0) is 11.4. The molecular weight excluding hydrogens is 200 g/mol. The van der Waals surface area contributed by atoms with Crippen LogP contribution in [0.15, 0.2) is 48.8 Å². The van der Waals surface area contributed by atoms with Gasteiger partial charge in [0.2, 0.25) is 5.91 Å². The van der Waals surface area contributed by atoms with Gasteiger partial charge in [0.05, 0.1) is 5.69 Å². The first-order valence-electron chi connectivity index (χ1n) is 5.07. The fourth-order valence-electron chi connectivity index (χ4n) is 1.55. The van der Waals surface area contributed by atoms with Crippen LogP contribution in [0.25, 0.3) is 10.8 Å². The fraction of sp³-hybridized carbons (Fsp3) is 0.0769. The number of amides is 1. The molecule has 3 heteroatoms. The second-order valence-electron chi connectivity index (χ2n) is 3.39. The van der Waals surface area contributed by atoms with E-state index in [9.17, 15) is 4.79 Å². The van der Waals surface area contributed by atoms with Crippen LogP contribution >= 0.6 is 0 Å². The summed E-state index contributed by atoms with van der Waals surface area (Å²) in [7, 11) is 0. The van der Waals surface area contributed by atoms with E-state index in [4.69, 9.17) is 0 Å². The maximum absolute atomic E-state index is 11.4. The lowest BCUT2D eigenvalue weighted by Gasteiger charge is -2.05. The summed E-state index contributed by atoms with van der Waals surface area (Å²) in [6.45, 7) is 1.81. The SMILES string of the molecule is CC=CC(=O)Nc1cccc2ccncc12. The molecule has 2 rings (SSSR count). The van der Waals surface area contributed by atoms with Crippen molar-refractivity contribution < 1.29 is 4.79 Å². The number of benzene rings is 1. The van der Waals surface area contributed by atoms with Crippen LogP contribution in [-0.4, -0.2) is 10.9 Å². The number of rotatable bonds is 2. The molecule has 0 bridgehead atoms. The van der Waals surface area contributed by atoms with Crippen LogP contribution in [0.2, 0.25) is 0 Å². The normalized spacial score (nSPS) is 10.8. The number of pyridine rings is 1. The topological polar surface area (TPSA) is 42.0 Å². The molecule has 0 radical (unpaired) electrons.